The molecular formula is C27H25BrN2O6S. The topological polar surface area (TPSA) is 96.2 Å². The smallest absolute Gasteiger partial charge is 0.338 e. The first-order chi connectivity index (χ1) is 17.6. The largest absolute Gasteiger partial charge is 0.496 e. The van der Waals surface area contributed by atoms with Crippen LogP contribution >= 0.6 is 27.3 Å². The summed E-state index contributed by atoms with van der Waals surface area (Å²) in [7, 11) is 2.86. The highest BCUT2D eigenvalue weighted by molar-refractivity contribution is 9.10. The fourth-order valence-electron chi connectivity index (χ4n) is 4.06. The molecule has 37 heavy (non-hydrogen) atoms. The third-order valence-corrected chi connectivity index (χ3v) is 7.18. The predicted molar refractivity (Wildman–Crippen MR) is 143 cm³/mol. The van der Waals surface area contributed by atoms with Crippen molar-refractivity contribution in [3.8, 4) is 5.75 Å². The Kier molecular flexibility index (Phi) is 7.79. The quantitative estimate of drug-likeness (QED) is 0.409. The van der Waals surface area contributed by atoms with E-state index in [1.54, 1.807) is 57.2 Å². The van der Waals surface area contributed by atoms with Crippen LogP contribution in [0.2, 0.25) is 0 Å². The monoisotopic (exact) mass is 584 g/mol. The molecule has 0 bridgehead atoms. The van der Waals surface area contributed by atoms with E-state index in [2.05, 4.69) is 20.9 Å². The molecule has 0 saturated carbocycles. The van der Waals surface area contributed by atoms with Gasteiger partial charge in [0.25, 0.3) is 5.56 Å². The molecule has 0 radical (unpaired) electrons. The van der Waals surface area contributed by atoms with Gasteiger partial charge in [0.2, 0.25) is 0 Å². The van der Waals surface area contributed by atoms with Gasteiger partial charge in [-0.25, -0.2) is 14.6 Å². The first-order valence-corrected chi connectivity index (χ1v) is 13.0. The lowest BCUT2D eigenvalue weighted by Gasteiger charge is -2.26. The lowest BCUT2D eigenvalue weighted by molar-refractivity contribution is -0.143. The molecular weight excluding hydrogens is 560 g/mol. The highest BCUT2D eigenvalue weighted by Crippen LogP contribution is 2.37. The molecule has 2 heterocycles. The number of thiazole rings is 1. The summed E-state index contributed by atoms with van der Waals surface area (Å²) in [5.74, 6) is -0.466. The van der Waals surface area contributed by atoms with Crippen molar-refractivity contribution >= 4 is 45.3 Å². The molecule has 0 aliphatic carbocycles. The van der Waals surface area contributed by atoms with Gasteiger partial charge in [-0.15, -0.1) is 0 Å². The molecule has 1 aliphatic heterocycles. The molecule has 0 spiro atoms. The summed E-state index contributed by atoms with van der Waals surface area (Å²) in [4.78, 5) is 43.9. The Morgan fingerprint density at radius 3 is 2.43 bits per heavy atom. The van der Waals surface area contributed by atoms with Crippen molar-refractivity contribution in [3.63, 3.8) is 0 Å². The number of benzene rings is 2. The molecule has 0 saturated heterocycles. The molecule has 0 fully saturated rings. The second-order valence-corrected chi connectivity index (χ2v) is 10.5. The van der Waals surface area contributed by atoms with Crippen molar-refractivity contribution in [2.24, 2.45) is 4.99 Å². The maximum Gasteiger partial charge on any atom is 0.338 e. The fraction of sp³-hybridized carbons (Fsp3) is 0.259. The van der Waals surface area contributed by atoms with E-state index in [1.807, 2.05) is 12.1 Å². The molecule has 0 N–H and O–H groups in total. The maximum atomic E-state index is 13.8. The van der Waals surface area contributed by atoms with Crippen LogP contribution < -0.4 is 19.6 Å². The number of allylic oxidation sites excluding steroid dienone is 1. The summed E-state index contributed by atoms with van der Waals surface area (Å²) in [5, 5.41) is 0. The molecule has 10 heteroatoms. The first-order valence-electron chi connectivity index (χ1n) is 11.4. The number of methoxy groups -OCH3 is 2. The standard InChI is InChI=1S/C27H25BrN2O6S/c1-14(2)36-26(33)22-15(3)29-27-30(23(22)19-13-18(28)10-11-20(19)34-4)24(31)21(37-27)12-16-6-8-17(9-7-16)25(32)35-5/h6-14,23H,1-5H3/b21-12-/t23-/m0/s1. The summed E-state index contributed by atoms with van der Waals surface area (Å²) >= 11 is 4.72. The number of nitrogens with zero attached hydrogens (tertiary/aromatic N) is 2. The number of aromatic nitrogens is 1. The summed E-state index contributed by atoms with van der Waals surface area (Å²) < 4.78 is 18.6. The van der Waals surface area contributed by atoms with Crippen molar-refractivity contribution in [1.29, 1.82) is 0 Å². The van der Waals surface area contributed by atoms with E-state index < -0.39 is 18.0 Å². The Labute approximate surface area is 225 Å². The molecule has 1 aliphatic rings. The molecule has 4 rings (SSSR count). The van der Waals surface area contributed by atoms with Gasteiger partial charge in [-0.05, 0) is 62.7 Å². The van der Waals surface area contributed by atoms with Gasteiger partial charge in [-0.2, -0.15) is 0 Å². The zero-order valence-corrected chi connectivity index (χ0v) is 23.3. The van der Waals surface area contributed by atoms with Crippen LogP contribution in [0, 0.1) is 0 Å². The first kappa shape index (κ1) is 26.6. The van der Waals surface area contributed by atoms with E-state index in [4.69, 9.17) is 14.2 Å². The highest BCUT2D eigenvalue weighted by atomic mass is 79.9. The number of hydrogen-bond acceptors (Lipinski definition) is 8. The second-order valence-electron chi connectivity index (χ2n) is 8.54. The van der Waals surface area contributed by atoms with Gasteiger partial charge in [0, 0.05) is 10.0 Å². The highest BCUT2D eigenvalue weighted by Gasteiger charge is 2.35. The number of carbonyl (C=O) groups is 2. The lowest BCUT2D eigenvalue weighted by atomic mass is 9.95. The van der Waals surface area contributed by atoms with Crippen molar-refractivity contribution in [3.05, 3.63) is 94.6 Å². The minimum atomic E-state index is -0.807. The van der Waals surface area contributed by atoms with Crippen LogP contribution in [0.3, 0.4) is 0 Å². The van der Waals surface area contributed by atoms with Crippen LogP contribution in [0.15, 0.2) is 68.0 Å². The molecule has 8 nitrogen and oxygen atoms in total. The van der Waals surface area contributed by atoms with Gasteiger partial charge in [0.05, 0.1) is 41.7 Å². The van der Waals surface area contributed by atoms with Crippen LogP contribution in [0.25, 0.3) is 6.08 Å². The summed E-state index contributed by atoms with van der Waals surface area (Å²) in [6.45, 7) is 5.27. The summed E-state index contributed by atoms with van der Waals surface area (Å²) in [6.07, 6.45) is 1.38. The van der Waals surface area contributed by atoms with Gasteiger partial charge in [0.15, 0.2) is 4.80 Å². The van der Waals surface area contributed by atoms with Crippen LogP contribution in [0.5, 0.6) is 5.75 Å². The van der Waals surface area contributed by atoms with Crippen LogP contribution in [-0.2, 0) is 14.3 Å². The van der Waals surface area contributed by atoms with Crippen molar-refractivity contribution in [2.45, 2.75) is 32.9 Å². The summed E-state index contributed by atoms with van der Waals surface area (Å²) in [6, 6.07) is 11.4. The van der Waals surface area contributed by atoms with Crippen LogP contribution in [0.1, 0.15) is 48.3 Å². The van der Waals surface area contributed by atoms with Gasteiger partial charge in [-0.3, -0.25) is 9.36 Å². The predicted octanol–water partition coefficient (Wildman–Crippen LogP) is 3.74. The number of hydrogen-bond donors (Lipinski definition) is 0. The number of rotatable bonds is 6. The lowest BCUT2D eigenvalue weighted by Crippen LogP contribution is -2.40. The molecule has 1 aromatic heterocycles. The SMILES string of the molecule is COC(=O)c1ccc(/C=c2\sc3n(c2=O)[C@@H](c2cc(Br)ccc2OC)C(C(=O)OC(C)C)=C(C)N=3)cc1. The van der Waals surface area contributed by atoms with E-state index in [-0.39, 0.29) is 17.2 Å². The molecule has 0 amide bonds. The van der Waals surface area contributed by atoms with Crippen molar-refractivity contribution < 1.29 is 23.8 Å². The molecule has 3 aromatic rings. The zero-order chi connectivity index (χ0) is 26.9. The van der Waals surface area contributed by atoms with Crippen LogP contribution in [-0.4, -0.2) is 36.8 Å². The van der Waals surface area contributed by atoms with E-state index in [0.717, 1.165) is 10.0 Å². The number of halogens is 1. The molecule has 0 unspecified atom stereocenters. The Morgan fingerprint density at radius 2 is 1.81 bits per heavy atom. The number of carbonyl (C=O) groups excluding carboxylic acids is 2. The number of fused-ring (bicyclic) bond motifs is 1. The average Bonchev–Trinajstić information content (AvgIpc) is 3.16. The Hall–Kier alpha value is -3.50. The second kappa shape index (κ2) is 10.9. The van der Waals surface area contributed by atoms with Crippen LogP contribution in [0.4, 0.5) is 0 Å². The summed E-state index contributed by atoms with van der Waals surface area (Å²) in [5.41, 5.74) is 2.18. The zero-order valence-electron chi connectivity index (χ0n) is 20.9. The Bertz CT molecular complexity index is 1580. The van der Waals surface area contributed by atoms with E-state index in [1.165, 1.54) is 30.1 Å². The van der Waals surface area contributed by atoms with Gasteiger partial charge >= 0.3 is 11.9 Å². The molecule has 1 atom stereocenters. The molecule has 192 valence electrons. The Balaban J connectivity index is 1.93. The fourth-order valence-corrected chi connectivity index (χ4v) is 5.48. The number of ether oxygens (including phenoxy) is 3. The minimum absolute atomic E-state index is 0.270. The Morgan fingerprint density at radius 1 is 1.11 bits per heavy atom. The van der Waals surface area contributed by atoms with Gasteiger partial charge in [0.1, 0.15) is 11.8 Å². The van der Waals surface area contributed by atoms with E-state index in [0.29, 0.717) is 31.9 Å². The number of esters is 2. The van der Waals surface area contributed by atoms with Gasteiger partial charge in [-0.1, -0.05) is 39.4 Å². The van der Waals surface area contributed by atoms with E-state index in [9.17, 15) is 14.4 Å². The van der Waals surface area contributed by atoms with Crippen molar-refractivity contribution in [2.75, 3.05) is 14.2 Å². The average molecular weight is 585 g/mol. The van der Waals surface area contributed by atoms with Crippen molar-refractivity contribution in [1.82, 2.24) is 4.57 Å². The third-order valence-electron chi connectivity index (χ3n) is 5.70. The third kappa shape index (κ3) is 5.30. The van der Waals surface area contributed by atoms with E-state index >= 15 is 0 Å². The van der Waals surface area contributed by atoms with Gasteiger partial charge < -0.3 is 14.2 Å². The maximum absolute atomic E-state index is 13.8. The normalized spacial score (nSPS) is 15.3. The minimum Gasteiger partial charge on any atom is -0.496 e. The molecule has 2 aromatic carbocycles.